The average Bonchev–Trinajstić information content (AvgIpc) is 2.48. The van der Waals surface area contributed by atoms with Crippen molar-refractivity contribution in [3.63, 3.8) is 0 Å². The van der Waals surface area contributed by atoms with E-state index in [9.17, 15) is 0 Å². The van der Waals surface area contributed by atoms with E-state index in [-0.39, 0.29) is 0 Å². The molecule has 10 heavy (non-hydrogen) atoms. The highest BCUT2D eigenvalue weighted by Crippen LogP contribution is 2.14. The van der Waals surface area contributed by atoms with E-state index >= 15 is 0 Å². The maximum absolute atomic E-state index is 8.56. The van der Waals surface area contributed by atoms with Crippen molar-refractivity contribution >= 4 is 6.16 Å². The summed E-state index contributed by atoms with van der Waals surface area (Å²) >= 11 is 0. The average molecular weight is 148 g/mol. The highest BCUT2D eigenvalue weighted by Gasteiger charge is 2.19. The van der Waals surface area contributed by atoms with Crippen LogP contribution in [0.3, 0.4) is 0 Å². The second-order valence-corrected chi connectivity index (χ2v) is 2.03. The zero-order chi connectivity index (χ0) is 7.98. The molecule has 1 saturated heterocycles. The van der Waals surface area contributed by atoms with Crippen molar-refractivity contribution in [2.24, 2.45) is 0 Å². The Hall–Kier alpha value is -0.770. The lowest BCUT2D eigenvalue weighted by Crippen LogP contribution is -1.81. The Bertz CT molecular complexity index is 93.9. The molecule has 0 saturated carbocycles. The molecule has 1 aliphatic rings. The Morgan fingerprint density at radius 3 is 2.20 bits per heavy atom. The number of ether oxygens (including phenoxy) is 1. The van der Waals surface area contributed by atoms with Crippen molar-refractivity contribution in [3.8, 4) is 0 Å². The van der Waals surface area contributed by atoms with E-state index in [4.69, 9.17) is 19.7 Å². The van der Waals surface area contributed by atoms with E-state index in [0.29, 0.717) is 6.10 Å². The summed E-state index contributed by atoms with van der Waals surface area (Å²) in [5.74, 6) is 0. The van der Waals surface area contributed by atoms with Gasteiger partial charge in [0, 0.05) is 0 Å². The molecule has 60 valence electrons. The molecule has 0 radical (unpaired) electrons. The number of hydrogen-bond acceptors (Lipinski definition) is 2. The summed E-state index contributed by atoms with van der Waals surface area (Å²) in [6.45, 7) is 3.20. The summed E-state index contributed by atoms with van der Waals surface area (Å²) in [5.41, 5.74) is 0. The number of hydrogen-bond donors (Lipinski definition) is 2. The molecule has 0 aromatic carbocycles. The van der Waals surface area contributed by atoms with Crippen LogP contribution in [0.25, 0.3) is 0 Å². The summed E-state index contributed by atoms with van der Waals surface area (Å²) < 4.78 is 4.95. The van der Waals surface area contributed by atoms with Gasteiger partial charge in [-0.25, -0.2) is 4.79 Å². The van der Waals surface area contributed by atoms with Gasteiger partial charge >= 0.3 is 6.16 Å². The van der Waals surface area contributed by atoms with Crippen molar-refractivity contribution < 1.29 is 19.7 Å². The van der Waals surface area contributed by atoms with Crippen LogP contribution >= 0.6 is 0 Å². The van der Waals surface area contributed by atoms with Crippen LogP contribution in [-0.2, 0) is 4.74 Å². The van der Waals surface area contributed by atoms with Crippen LogP contribution in [0.5, 0.6) is 0 Å². The molecule has 1 unspecified atom stereocenters. The fraction of sp³-hybridized carbons (Fsp3) is 0.833. The van der Waals surface area contributed by atoms with E-state index in [1.165, 1.54) is 12.8 Å². The van der Waals surface area contributed by atoms with Gasteiger partial charge < -0.3 is 14.9 Å². The first-order valence-corrected chi connectivity index (χ1v) is 3.20. The Morgan fingerprint density at radius 2 is 2.10 bits per heavy atom. The first kappa shape index (κ1) is 9.23. The Balaban J connectivity index is 0.000000180. The molecule has 0 aromatic rings. The predicted molar refractivity (Wildman–Crippen MR) is 35.3 cm³/mol. The maximum Gasteiger partial charge on any atom is 0.503 e. The fourth-order valence-electron chi connectivity index (χ4n) is 0.557. The highest BCUT2D eigenvalue weighted by molar-refractivity contribution is 5.53. The summed E-state index contributed by atoms with van der Waals surface area (Å²) in [4.78, 5) is 8.56. The minimum absolute atomic E-state index is 0.648. The molecule has 0 amide bonds. The van der Waals surface area contributed by atoms with Crippen molar-refractivity contribution in [2.45, 2.75) is 25.9 Å². The van der Waals surface area contributed by atoms with Gasteiger partial charge in [0.05, 0.1) is 12.7 Å². The maximum atomic E-state index is 8.56. The van der Waals surface area contributed by atoms with Gasteiger partial charge in [-0.2, -0.15) is 0 Å². The van der Waals surface area contributed by atoms with Gasteiger partial charge in [0.25, 0.3) is 0 Å². The molecule has 1 fully saturated rings. The van der Waals surface area contributed by atoms with Gasteiger partial charge in [0.15, 0.2) is 0 Å². The minimum Gasteiger partial charge on any atom is -0.450 e. The first-order chi connectivity index (χ1) is 4.66. The Labute approximate surface area is 59.4 Å². The second kappa shape index (κ2) is 5.05. The largest absolute Gasteiger partial charge is 0.503 e. The highest BCUT2D eigenvalue weighted by atomic mass is 16.6. The topological polar surface area (TPSA) is 70.1 Å². The SMILES string of the molecule is CCCC1CO1.O=C(O)O. The lowest BCUT2D eigenvalue weighted by atomic mass is 10.3. The third kappa shape index (κ3) is 10.3. The van der Waals surface area contributed by atoms with Crippen molar-refractivity contribution in [1.29, 1.82) is 0 Å². The van der Waals surface area contributed by atoms with Crippen molar-refractivity contribution in [3.05, 3.63) is 0 Å². The van der Waals surface area contributed by atoms with E-state index in [1.807, 2.05) is 0 Å². The minimum atomic E-state index is -1.83. The molecule has 4 nitrogen and oxygen atoms in total. The fourth-order valence-corrected chi connectivity index (χ4v) is 0.557. The molecule has 0 aromatic heterocycles. The summed E-state index contributed by atoms with van der Waals surface area (Å²) in [7, 11) is 0. The van der Waals surface area contributed by atoms with Gasteiger partial charge in [0.1, 0.15) is 0 Å². The first-order valence-electron chi connectivity index (χ1n) is 3.20. The Kier molecular flexibility index (Phi) is 4.66. The van der Waals surface area contributed by atoms with Gasteiger partial charge in [-0.3, -0.25) is 0 Å². The molecule has 1 heterocycles. The van der Waals surface area contributed by atoms with Crippen LogP contribution in [0.15, 0.2) is 0 Å². The van der Waals surface area contributed by atoms with E-state index in [1.54, 1.807) is 0 Å². The molecule has 0 bridgehead atoms. The van der Waals surface area contributed by atoms with Gasteiger partial charge in [-0.1, -0.05) is 13.3 Å². The van der Waals surface area contributed by atoms with Crippen LogP contribution < -0.4 is 0 Å². The molecular formula is C6H12O4. The molecule has 0 aliphatic carbocycles. The van der Waals surface area contributed by atoms with Crippen LogP contribution in [0.4, 0.5) is 4.79 Å². The second-order valence-electron chi connectivity index (χ2n) is 2.03. The van der Waals surface area contributed by atoms with Gasteiger partial charge in [0.2, 0.25) is 0 Å². The summed E-state index contributed by atoms with van der Waals surface area (Å²) in [5, 5.41) is 13.9. The van der Waals surface area contributed by atoms with Crippen LogP contribution in [0, 0.1) is 0 Å². The summed E-state index contributed by atoms with van der Waals surface area (Å²) in [6.07, 6.45) is 1.35. The van der Waals surface area contributed by atoms with E-state index in [2.05, 4.69) is 6.92 Å². The monoisotopic (exact) mass is 148 g/mol. The third-order valence-electron chi connectivity index (χ3n) is 1.01. The molecule has 1 atom stereocenters. The van der Waals surface area contributed by atoms with E-state index in [0.717, 1.165) is 6.61 Å². The van der Waals surface area contributed by atoms with Crippen LogP contribution in [0.1, 0.15) is 19.8 Å². The lowest BCUT2D eigenvalue weighted by molar-refractivity contribution is 0.137. The number of carbonyl (C=O) groups is 1. The normalized spacial score (nSPS) is 20.7. The third-order valence-corrected chi connectivity index (χ3v) is 1.01. The molecular weight excluding hydrogens is 136 g/mol. The lowest BCUT2D eigenvalue weighted by Gasteiger charge is -1.79. The molecule has 4 heteroatoms. The van der Waals surface area contributed by atoms with Crippen molar-refractivity contribution in [1.82, 2.24) is 0 Å². The molecule has 1 aliphatic heterocycles. The predicted octanol–water partition coefficient (Wildman–Crippen LogP) is 1.41. The molecule has 2 N–H and O–H groups in total. The van der Waals surface area contributed by atoms with E-state index < -0.39 is 6.16 Å². The van der Waals surface area contributed by atoms with Gasteiger partial charge in [-0.15, -0.1) is 0 Å². The number of rotatable bonds is 2. The zero-order valence-electron chi connectivity index (χ0n) is 5.91. The quantitative estimate of drug-likeness (QED) is 0.581. The van der Waals surface area contributed by atoms with Crippen LogP contribution in [-0.4, -0.2) is 29.1 Å². The van der Waals surface area contributed by atoms with Crippen molar-refractivity contribution in [2.75, 3.05) is 6.61 Å². The van der Waals surface area contributed by atoms with Crippen LogP contribution in [0.2, 0.25) is 0 Å². The molecule has 1 rings (SSSR count). The molecule has 0 spiro atoms. The Morgan fingerprint density at radius 1 is 1.70 bits per heavy atom. The standard InChI is InChI=1S/C5H10O.CH2O3/c1-2-3-5-4-6-5;2-1(3)4/h5H,2-4H2,1H3;(H2,2,3,4). The smallest absolute Gasteiger partial charge is 0.450 e. The van der Waals surface area contributed by atoms with Gasteiger partial charge in [-0.05, 0) is 6.42 Å². The number of carboxylic acid groups (broad SMARTS) is 2. The zero-order valence-corrected chi connectivity index (χ0v) is 5.91. The number of epoxide rings is 1. The summed E-state index contributed by atoms with van der Waals surface area (Å²) in [6, 6.07) is 0.